The molecule has 1 fully saturated rings. The van der Waals surface area contributed by atoms with Gasteiger partial charge in [-0.05, 0) is 29.8 Å². The summed E-state index contributed by atoms with van der Waals surface area (Å²) in [6, 6.07) is 9.53. The SMILES string of the molecule is Nc1cccc(OC2CN(C(=O)N3N=CCC3c3cc(F)cc(F)c3)C2)c1. The second-order valence-corrected chi connectivity index (χ2v) is 6.60. The van der Waals surface area contributed by atoms with Gasteiger partial charge in [0.2, 0.25) is 0 Å². The summed E-state index contributed by atoms with van der Waals surface area (Å²) in [5.41, 5.74) is 6.71. The number of ether oxygens (including phenoxy) is 1. The van der Waals surface area contributed by atoms with Crippen molar-refractivity contribution >= 4 is 17.9 Å². The van der Waals surface area contributed by atoms with Gasteiger partial charge in [-0.2, -0.15) is 5.10 Å². The van der Waals surface area contributed by atoms with Crippen LogP contribution in [0.4, 0.5) is 19.3 Å². The van der Waals surface area contributed by atoms with Gasteiger partial charge < -0.3 is 15.4 Å². The molecule has 2 aliphatic rings. The topological polar surface area (TPSA) is 71.2 Å². The molecule has 1 atom stereocenters. The number of benzene rings is 2. The van der Waals surface area contributed by atoms with Gasteiger partial charge in [-0.25, -0.2) is 18.6 Å². The third-order valence-corrected chi connectivity index (χ3v) is 4.57. The number of nitrogens with zero attached hydrogens (tertiary/aromatic N) is 3. The lowest BCUT2D eigenvalue weighted by atomic mass is 10.0. The van der Waals surface area contributed by atoms with E-state index in [4.69, 9.17) is 10.5 Å². The summed E-state index contributed by atoms with van der Waals surface area (Å²) < 4.78 is 32.8. The van der Waals surface area contributed by atoms with Crippen molar-refractivity contribution in [2.75, 3.05) is 18.8 Å². The molecule has 140 valence electrons. The lowest BCUT2D eigenvalue weighted by molar-refractivity contribution is 0.0277. The van der Waals surface area contributed by atoms with Crippen molar-refractivity contribution in [2.45, 2.75) is 18.6 Å². The minimum atomic E-state index is -0.677. The molecule has 0 saturated carbocycles. The molecule has 2 aromatic rings. The van der Waals surface area contributed by atoms with Crippen LogP contribution in [0, 0.1) is 11.6 Å². The Labute approximate surface area is 154 Å². The quantitative estimate of drug-likeness (QED) is 0.842. The van der Waals surface area contributed by atoms with Gasteiger partial charge in [-0.3, -0.25) is 0 Å². The summed E-state index contributed by atoms with van der Waals surface area (Å²) in [4.78, 5) is 14.3. The molecule has 8 heteroatoms. The van der Waals surface area contributed by atoms with E-state index in [2.05, 4.69) is 5.10 Å². The zero-order valence-electron chi connectivity index (χ0n) is 14.4. The van der Waals surface area contributed by atoms with Crippen LogP contribution >= 0.6 is 0 Å². The van der Waals surface area contributed by atoms with Crippen LogP contribution in [0.25, 0.3) is 0 Å². The van der Waals surface area contributed by atoms with Crippen LogP contribution < -0.4 is 10.5 Å². The average Bonchev–Trinajstić information content (AvgIpc) is 3.06. The summed E-state index contributed by atoms with van der Waals surface area (Å²) in [7, 11) is 0. The average molecular weight is 372 g/mol. The number of halogens is 2. The van der Waals surface area contributed by atoms with Crippen molar-refractivity contribution in [3.63, 3.8) is 0 Å². The highest BCUT2D eigenvalue weighted by molar-refractivity contribution is 5.79. The van der Waals surface area contributed by atoms with Gasteiger partial charge in [0.05, 0.1) is 19.1 Å². The van der Waals surface area contributed by atoms with E-state index in [9.17, 15) is 13.6 Å². The van der Waals surface area contributed by atoms with E-state index in [1.54, 1.807) is 35.4 Å². The molecule has 0 aliphatic carbocycles. The highest BCUT2D eigenvalue weighted by Gasteiger charge is 2.39. The second-order valence-electron chi connectivity index (χ2n) is 6.60. The molecule has 1 unspecified atom stereocenters. The number of nitrogen functional groups attached to an aromatic ring is 1. The van der Waals surface area contributed by atoms with Crippen LogP contribution in [0.2, 0.25) is 0 Å². The van der Waals surface area contributed by atoms with Gasteiger partial charge in [0, 0.05) is 30.5 Å². The number of nitrogens with two attached hydrogens (primary N) is 1. The maximum atomic E-state index is 13.5. The second kappa shape index (κ2) is 6.86. The number of amides is 2. The summed E-state index contributed by atoms with van der Waals surface area (Å²) in [5, 5.41) is 5.36. The number of urea groups is 1. The fourth-order valence-corrected chi connectivity index (χ4v) is 3.24. The zero-order valence-corrected chi connectivity index (χ0v) is 14.4. The van der Waals surface area contributed by atoms with Gasteiger partial charge >= 0.3 is 6.03 Å². The lowest BCUT2D eigenvalue weighted by Crippen LogP contribution is -2.58. The van der Waals surface area contributed by atoms with Crippen molar-refractivity contribution in [2.24, 2.45) is 5.10 Å². The minimum Gasteiger partial charge on any atom is -0.487 e. The number of carbonyl (C=O) groups excluding carboxylic acids is 1. The largest absolute Gasteiger partial charge is 0.487 e. The minimum absolute atomic E-state index is 0.132. The van der Waals surface area contributed by atoms with Gasteiger partial charge in [-0.1, -0.05) is 6.07 Å². The Morgan fingerprint density at radius 3 is 2.59 bits per heavy atom. The molecule has 2 N–H and O–H groups in total. The van der Waals surface area contributed by atoms with Crippen LogP contribution in [0.3, 0.4) is 0 Å². The Morgan fingerprint density at radius 1 is 1.15 bits per heavy atom. The van der Waals surface area contributed by atoms with E-state index in [1.807, 2.05) is 0 Å². The van der Waals surface area contributed by atoms with Crippen LogP contribution in [0.5, 0.6) is 5.75 Å². The summed E-state index contributed by atoms with van der Waals surface area (Å²) in [5.74, 6) is -0.702. The maximum Gasteiger partial charge on any atom is 0.341 e. The number of hydrogen-bond acceptors (Lipinski definition) is 4. The molecule has 2 aromatic carbocycles. The van der Waals surface area contributed by atoms with Crippen molar-refractivity contribution < 1.29 is 18.3 Å². The third-order valence-electron chi connectivity index (χ3n) is 4.57. The number of likely N-dealkylation sites (tertiary alicyclic amines) is 1. The Kier molecular flexibility index (Phi) is 4.39. The number of anilines is 1. The van der Waals surface area contributed by atoms with Crippen molar-refractivity contribution in [3.05, 3.63) is 59.7 Å². The number of hydrogen-bond donors (Lipinski definition) is 1. The Hall–Kier alpha value is -3.16. The standard InChI is InChI=1S/C19H18F2N4O2/c20-13-6-12(7-14(21)8-13)18-4-5-23-25(18)19(26)24-10-17(11-24)27-16-3-1-2-15(22)9-16/h1-3,5-9,17-18H,4,10-11,22H2. The first-order valence-corrected chi connectivity index (χ1v) is 8.58. The molecular formula is C19H18F2N4O2. The molecule has 0 bridgehead atoms. The smallest absolute Gasteiger partial charge is 0.341 e. The van der Waals surface area contributed by atoms with E-state index in [0.29, 0.717) is 36.5 Å². The highest BCUT2D eigenvalue weighted by Crippen LogP contribution is 2.31. The molecule has 4 rings (SSSR count). The van der Waals surface area contributed by atoms with Gasteiger partial charge in [-0.15, -0.1) is 0 Å². The number of carbonyl (C=O) groups is 1. The van der Waals surface area contributed by atoms with Gasteiger partial charge in [0.25, 0.3) is 0 Å². The molecule has 2 heterocycles. The number of rotatable bonds is 3. The van der Waals surface area contributed by atoms with E-state index in [1.165, 1.54) is 17.1 Å². The third kappa shape index (κ3) is 3.55. The van der Waals surface area contributed by atoms with Crippen molar-refractivity contribution in [1.82, 2.24) is 9.91 Å². The molecule has 0 spiro atoms. The fraction of sp³-hybridized carbons (Fsp3) is 0.263. The summed E-state index contributed by atoms with van der Waals surface area (Å²) in [6.45, 7) is 0.813. The van der Waals surface area contributed by atoms with E-state index >= 15 is 0 Å². The van der Waals surface area contributed by atoms with E-state index in [0.717, 1.165) is 6.07 Å². The van der Waals surface area contributed by atoms with Crippen LogP contribution in [0.15, 0.2) is 47.6 Å². The molecule has 6 nitrogen and oxygen atoms in total. The van der Waals surface area contributed by atoms with E-state index in [-0.39, 0.29) is 12.1 Å². The Balaban J connectivity index is 1.39. The predicted octanol–water partition coefficient (Wildman–Crippen LogP) is 3.16. The monoisotopic (exact) mass is 372 g/mol. The first kappa shape index (κ1) is 17.3. The van der Waals surface area contributed by atoms with E-state index < -0.39 is 17.7 Å². The summed E-state index contributed by atoms with van der Waals surface area (Å²) >= 11 is 0. The Morgan fingerprint density at radius 2 is 1.89 bits per heavy atom. The Bertz CT molecular complexity index is 879. The van der Waals surface area contributed by atoms with Gasteiger partial charge in [0.15, 0.2) is 0 Å². The zero-order chi connectivity index (χ0) is 19.0. The first-order chi connectivity index (χ1) is 13.0. The fourth-order valence-electron chi connectivity index (χ4n) is 3.24. The molecule has 27 heavy (non-hydrogen) atoms. The molecule has 0 aromatic heterocycles. The van der Waals surface area contributed by atoms with Crippen LogP contribution in [0.1, 0.15) is 18.0 Å². The van der Waals surface area contributed by atoms with Crippen molar-refractivity contribution in [1.29, 1.82) is 0 Å². The normalized spacial score (nSPS) is 19.3. The molecule has 1 saturated heterocycles. The number of hydrazone groups is 1. The first-order valence-electron chi connectivity index (χ1n) is 8.58. The molecule has 2 amide bonds. The molecule has 2 aliphatic heterocycles. The molecule has 0 radical (unpaired) electrons. The maximum absolute atomic E-state index is 13.5. The molecular weight excluding hydrogens is 354 g/mol. The van der Waals surface area contributed by atoms with Crippen LogP contribution in [-0.4, -0.2) is 41.3 Å². The summed E-state index contributed by atoms with van der Waals surface area (Å²) in [6.07, 6.45) is 1.85. The highest BCUT2D eigenvalue weighted by atomic mass is 19.1. The van der Waals surface area contributed by atoms with Crippen molar-refractivity contribution in [3.8, 4) is 5.75 Å². The van der Waals surface area contributed by atoms with Gasteiger partial charge in [0.1, 0.15) is 23.5 Å². The lowest BCUT2D eigenvalue weighted by Gasteiger charge is -2.41. The predicted molar refractivity (Wildman–Crippen MR) is 96.3 cm³/mol. The van der Waals surface area contributed by atoms with Crippen LogP contribution in [-0.2, 0) is 0 Å².